The number of benzene rings is 2. The zero-order chi connectivity index (χ0) is 21.5. The van der Waals surface area contributed by atoms with Crippen molar-refractivity contribution in [1.29, 1.82) is 0 Å². The Morgan fingerprint density at radius 1 is 0.968 bits per heavy atom. The van der Waals surface area contributed by atoms with E-state index in [2.05, 4.69) is 64.7 Å². The van der Waals surface area contributed by atoms with Crippen molar-refractivity contribution in [1.82, 2.24) is 20.5 Å². The summed E-state index contributed by atoms with van der Waals surface area (Å²) in [6.07, 6.45) is 6.93. The van der Waals surface area contributed by atoms with Gasteiger partial charge in [0.15, 0.2) is 0 Å². The van der Waals surface area contributed by atoms with E-state index >= 15 is 0 Å². The Bertz CT molecular complexity index is 1160. The summed E-state index contributed by atoms with van der Waals surface area (Å²) in [4.78, 5) is 4.62. The fourth-order valence-electron chi connectivity index (χ4n) is 3.73. The predicted molar refractivity (Wildman–Crippen MR) is 126 cm³/mol. The summed E-state index contributed by atoms with van der Waals surface area (Å²) in [7, 11) is 0. The standard InChI is InChI=1S/C26H28N4O/c1-3-9-20(19-10-6-5-7-11-19)17-24-29-30-26(31-24)23-14-13-21(18-27-15-4-2)25-22(23)12-8-16-28-25/h5-8,10-14,16-17,27H,3-4,9,15,18H2,1-2H3/b20-17+. The zero-order valence-electron chi connectivity index (χ0n) is 18.1. The summed E-state index contributed by atoms with van der Waals surface area (Å²) in [5.74, 6) is 1.04. The third-order valence-corrected chi connectivity index (χ3v) is 5.23. The van der Waals surface area contributed by atoms with Crippen molar-refractivity contribution in [2.24, 2.45) is 0 Å². The average Bonchev–Trinajstić information content (AvgIpc) is 3.28. The second-order valence-corrected chi connectivity index (χ2v) is 7.58. The van der Waals surface area contributed by atoms with E-state index in [1.165, 1.54) is 16.7 Å². The molecule has 0 bridgehead atoms. The number of nitrogens with zero attached hydrogens (tertiary/aromatic N) is 3. The number of rotatable bonds is 9. The summed E-state index contributed by atoms with van der Waals surface area (Å²) < 4.78 is 6.07. The minimum atomic E-state index is 0.515. The van der Waals surface area contributed by atoms with Crippen LogP contribution >= 0.6 is 0 Å². The zero-order valence-corrected chi connectivity index (χ0v) is 18.1. The quantitative estimate of drug-likeness (QED) is 0.335. The second kappa shape index (κ2) is 10.1. The van der Waals surface area contributed by atoms with Crippen LogP contribution in [0.5, 0.6) is 0 Å². The smallest absolute Gasteiger partial charge is 0.248 e. The van der Waals surface area contributed by atoms with Crippen LogP contribution in [0.15, 0.2) is 65.2 Å². The number of nitrogens with one attached hydrogen (secondary N) is 1. The molecule has 5 nitrogen and oxygen atoms in total. The van der Waals surface area contributed by atoms with Crippen molar-refractivity contribution in [3.63, 3.8) is 0 Å². The summed E-state index contributed by atoms with van der Waals surface area (Å²) in [5, 5.41) is 13.1. The molecule has 0 unspecified atom stereocenters. The molecular weight excluding hydrogens is 384 g/mol. The molecule has 0 aliphatic rings. The molecule has 31 heavy (non-hydrogen) atoms. The lowest BCUT2D eigenvalue weighted by Crippen LogP contribution is -2.14. The van der Waals surface area contributed by atoms with E-state index in [9.17, 15) is 0 Å². The van der Waals surface area contributed by atoms with Gasteiger partial charge < -0.3 is 9.73 Å². The molecule has 2 heterocycles. The van der Waals surface area contributed by atoms with Gasteiger partial charge >= 0.3 is 0 Å². The van der Waals surface area contributed by atoms with Crippen molar-refractivity contribution in [2.45, 2.75) is 39.7 Å². The van der Waals surface area contributed by atoms with Gasteiger partial charge in [0.2, 0.25) is 11.8 Å². The lowest BCUT2D eigenvalue weighted by molar-refractivity contribution is 0.558. The molecule has 0 atom stereocenters. The molecule has 2 aromatic heterocycles. The number of pyridine rings is 1. The molecule has 2 aromatic carbocycles. The van der Waals surface area contributed by atoms with Crippen LogP contribution in [-0.2, 0) is 6.54 Å². The van der Waals surface area contributed by atoms with E-state index in [-0.39, 0.29) is 0 Å². The van der Waals surface area contributed by atoms with Crippen LogP contribution in [0, 0.1) is 0 Å². The van der Waals surface area contributed by atoms with Crippen LogP contribution < -0.4 is 5.32 Å². The molecule has 1 N–H and O–H groups in total. The normalized spacial score (nSPS) is 11.9. The van der Waals surface area contributed by atoms with Crippen molar-refractivity contribution >= 4 is 22.6 Å². The number of hydrogen-bond donors (Lipinski definition) is 1. The minimum absolute atomic E-state index is 0.515. The lowest BCUT2D eigenvalue weighted by Gasteiger charge is -2.09. The molecular formula is C26H28N4O. The molecule has 0 radical (unpaired) electrons. The van der Waals surface area contributed by atoms with Gasteiger partial charge in [-0.25, -0.2) is 0 Å². The van der Waals surface area contributed by atoms with E-state index in [4.69, 9.17) is 4.42 Å². The van der Waals surface area contributed by atoms with Gasteiger partial charge in [0.25, 0.3) is 0 Å². The Hall–Kier alpha value is -3.31. The third-order valence-electron chi connectivity index (χ3n) is 5.23. The second-order valence-electron chi connectivity index (χ2n) is 7.58. The first kappa shape index (κ1) is 20.9. The Morgan fingerprint density at radius 2 is 1.84 bits per heavy atom. The highest BCUT2D eigenvalue weighted by molar-refractivity contribution is 5.94. The van der Waals surface area contributed by atoms with Gasteiger partial charge in [-0.15, -0.1) is 10.2 Å². The highest BCUT2D eigenvalue weighted by Gasteiger charge is 2.14. The highest BCUT2D eigenvalue weighted by atomic mass is 16.4. The van der Waals surface area contributed by atoms with E-state index in [1.54, 1.807) is 0 Å². The Kier molecular flexibility index (Phi) is 6.85. The van der Waals surface area contributed by atoms with Crippen LogP contribution in [-0.4, -0.2) is 21.7 Å². The fourth-order valence-corrected chi connectivity index (χ4v) is 3.73. The van der Waals surface area contributed by atoms with E-state index in [1.807, 2.05) is 36.5 Å². The van der Waals surface area contributed by atoms with Crippen LogP contribution in [0.2, 0.25) is 0 Å². The molecule has 0 amide bonds. The van der Waals surface area contributed by atoms with Gasteiger partial charge in [0, 0.05) is 29.8 Å². The third kappa shape index (κ3) is 4.89. The first-order valence-electron chi connectivity index (χ1n) is 11.0. The largest absolute Gasteiger partial charge is 0.417 e. The molecule has 158 valence electrons. The van der Waals surface area contributed by atoms with Crippen LogP contribution in [0.3, 0.4) is 0 Å². The van der Waals surface area contributed by atoms with E-state index in [0.29, 0.717) is 11.8 Å². The summed E-state index contributed by atoms with van der Waals surface area (Å²) in [5.41, 5.74) is 5.42. The predicted octanol–water partition coefficient (Wildman–Crippen LogP) is 6.13. The Labute approximate surface area is 183 Å². The van der Waals surface area contributed by atoms with Gasteiger partial charge in [0.1, 0.15) is 0 Å². The van der Waals surface area contributed by atoms with Crippen molar-refractivity contribution in [3.05, 3.63) is 77.8 Å². The highest BCUT2D eigenvalue weighted by Crippen LogP contribution is 2.30. The topological polar surface area (TPSA) is 63.8 Å². The van der Waals surface area contributed by atoms with Gasteiger partial charge in [-0.2, -0.15) is 0 Å². The van der Waals surface area contributed by atoms with Crippen LogP contribution in [0.1, 0.15) is 50.1 Å². The average molecular weight is 413 g/mol. The molecule has 0 spiro atoms. The van der Waals surface area contributed by atoms with Gasteiger partial charge in [0.05, 0.1) is 5.52 Å². The van der Waals surface area contributed by atoms with Crippen LogP contribution in [0.4, 0.5) is 0 Å². The summed E-state index contributed by atoms with van der Waals surface area (Å²) >= 11 is 0. The Balaban J connectivity index is 1.68. The van der Waals surface area contributed by atoms with E-state index < -0.39 is 0 Å². The number of hydrogen-bond acceptors (Lipinski definition) is 5. The molecule has 5 heteroatoms. The maximum absolute atomic E-state index is 6.07. The Morgan fingerprint density at radius 3 is 2.65 bits per heavy atom. The number of allylic oxidation sites excluding steroid dienone is 1. The molecule has 0 saturated heterocycles. The van der Waals surface area contributed by atoms with Gasteiger partial charge in [-0.05, 0) is 48.2 Å². The fraction of sp³-hybridized carbons (Fsp3) is 0.269. The molecule has 0 saturated carbocycles. The molecule has 0 aliphatic heterocycles. The SMILES string of the molecule is CCCNCc1ccc(-c2nnc(/C=C(\CCC)c3ccccc3)o2)c2cccnc12. The summed E-state index contributed by atoms with van der Waals surface area (Å²) in [6, 6.07) is 18.5. The molecule has 0 aliphatic carbocycles. The first-order chi connectivity index (χ1) is 15.3. The first-order valence-corrected chi connectivity index (χ1v) is 11.0. The minimum Gasteiger partial charge on any atom is -0.417 e. The maximum Gasteiger partial charge on any atom is 0.248 e. The molecule has 4 aromatic rings. The van der Waals surface area contributed by atoms with E-state index in [0.717, 1.165) is 48.8 Å². The monoisotopic (exact) mass is 412 g/mol. The number of fused-ring (bicyclic) bond motifs is 1. The lowest BCUT2D eigenvalue weighted by atomic mass is 10.0. The van der Waals surface area contributed by atoms with Crippen molar-refractivity contribution < 1.29 is 4.42 Å². The molecule has 0 fully saturated rings. The van der Waals surface area contributed by atoms with Gasteiger partial charge in [-0.3, -0.25) is 4.98 Å². The molecule has 4 rings (SSSR count). The maximum atomic E-state index is 6.07. The van der Waals surface area contributed by atoms with Crippen molar-refractivity contribution in [3.8, 4) is 11.5 Å². The van der Waals surface area contributed by atoms with Crippen LogP contribution in [0.25, 0.3) is 34.0 Å². The summed E-state index contributed by atoms with van der Waals surface area (Å²) in [6.45, 7) is 6.11. The number of aromatic nitrogens is 3. The van der Waals surface area contributed by atoms with Gasteiger partial charge in [-0.1, -0.05) is 62.7 Å². The van der Waals surface area contributed by atoms with Crippen molar-refractivity contribution in [2.75, 3.05) is 6.54 Å².